The molecule has 114 valence electrons. The smallest absolute Gasteiger partial charge is 0.236 e. The number of hydrogen-bond acceptors (Lipinski definition) is 3. The molecule has 0 aromatic heterocycles. The highest BCUT2D eigenvalue weighted by molar-refractivity contribution is 5.84. The molecule has 4 nitrogen and oxygen atoms in total. The van der Waals surface area contributed by atoms with Crippen LogP contribution in [-0.2, 0) is 9.59 Å². The predicted molar refractivity (Wildman–Crippen MR) is 79.5 cm³/mol. The normalized spacial score (nSPS) is 28.1. The summed E-state index contributed by atoms with van der Waals surface area (Å²) < 4.78 is 0. The molecule has 0 aromatic rings. The van der Waals surface area contributed by atoms with E-state index < -0.39 is 0 Å². The first-order valence-corrected chi connectivity index (χ1v) is 8.03. The molecule has 1 amide bonds. The standard InChI is InChI=1S/C16H28N2O2/c1-12(2)17(3)16(20)11-18-10-5-4-8-14(18)13-7-6-9-15(13)19/h12-14H,4-11H2,1-3H3. The Morgan fingerprint density at radius 2 is 2.05 bits per heavy atom. The van der Waals surface area contributed by atoms with Crippen LogP contribution in [0.4, 0.5) is 0 Å². The maximum atomic E-state index is 12.3. The van der Waals surface area contributed by atoms with E-state index in [-0.39, 0.29) is 17.9 Å². The molecule has 1 aliphatic heterocycles. The Morgan fingerprint density at radius 3 is 2.65 bits per heavy atom. The molecule has 20 heavy (non-hydrogen) atoms. The number of rotatable bonds is 4. The summed E-state index contributed by atoms with van der Waals surface area (Å²) in [7, 11) is 1.87. The largest absolute Gasteiger partial charge is 0.342 e. The Kier molecular flexibility index (Phi) is 5.19. The number of likely N-dealkylation sites (N-methyl/N-ethyl adjacent to an activating group) is 1. The Hall–Kier alpha value is -0.900. The molecule has 2 aliphatic rings. The third-order valence-corrected chi connectivity index (χ3v) is 4.99. The second-order valence-corrected chi connectivity index (χ2v) is 6.60. The fraction of sp³-hybridized carbons (Fsp3) is 0.875. The summed E-state index contributed by atoms with van der Waals surface area (Å²) in [5, 5.41) is 0. The number of likely N-dealkylation sites (tertiary alicyclic amines) is 1. The van der Waals surface area contributed by atoms with Crippen LogP contribution in [0.3, 0.4) is 0 Å². The second kappa shape index (κ2) is 6.70. The van der Waals surface area contributed by atoms with Gasteiger partial charge in [-0.2, -0.15) is 0 Å². The molecule has 0 radical (unpaired) electrons. The molecule has 0 bridgehead atoms. The summed E-state index contributed by atoms with van der Waals surface area (Å²) in [6, 6.07) is 0.544. The van der Waals surface area contributed by atoms with Crippen LogP contribution < -0.4 is 0 Å². The molecule has 2 atom stereocenters. The molecule has 0 spiro atoms. The van der Waals surface area contributed by atoms with E-state index in [2.05, 4.69) is 4.90 Å². The van der Waals surface area contributed by atoms with Crippen LogP contribution in [0.5, 0.6) is 0 Å². The number of Topliss-reactive ketones (excluding diaryl/α,β-unsaturated/α-hetero) is 1. The van der Waals surface area contributed by atoms with Gasteiger partial charge in [-0.3, -0.25) is 14.5 Å². The second-order valence-electron chi connectivity index (χ2n) is 6.60. The van der Waals surface area contributed by atoms with Gasteiger partial charge in [0.1, 0.15) is 5.78 Å². The third-order valence-electron chi connectivity index (χ3n) is 4.99. The fourth-order valence-corrected chi connectivity index (χ4v) is 3.49. The Morgan fingerprint density at radius 1 is 1.30 bits per heavy atom. The minimum atomic E-state index is 0.178. The van der Waals surface area contributed by atoms with Crippen molar-refractivity contribution in [3.63, 3.8) is 0 Å². The van der Waals surface area contributed by atoms with Crippen LogP contribution in [0, 0.1) is 5.92 Å². The van der Waals surface area contributed by atoms with Gasteiger partial charge < -0.3 is 4.90 Å². The maximum absolute atomic E-state index is 12.3. The van der Waals surface area contributed by atoms with Crippen LogP contribution >= 0.6 is 0 Å². The van der Waals surface area contributed by atoms with Gasteiger partial charge in [0.2, 0.25) is 5.91 Å². The summed E-state index contributed by atoms with van der Waals surface area (Å²) in [4.78, 5) is 28.4. The number of piperidine rings is 1. The lowest BCUT2D eigenvalue weighted by molar-refractivity contribution is -0.135. The molecule has 1 aliphatic carbocycles. The highest BCUT2D eigenvalue weighted by Crippen LogP contribution is 2.32. The first-order valence-electron chi connectivity index (χ1n) is 8.03. The van der Waals surface area contributed by atoms with Gasteiger partial charge in [-0.15, -0.1) is 0 Å². The van der Waals surface area contributed by atoms with Crippen LogP contribution in [0.2, 0.25) is 0 Å². The van der Waals surface area contributed by atoms with Crippen LogP contribution in [-0.4, -0.2) is 53.7 Å². The van der Waals surface area contributed by atoms with E-state index in [9.17, 15) is 9.59 Å². The van der Waals surface area contributed by atoms with E-state index >= 15 is 0 Å². The minimum absolute atomic E-state index is 0.178. The Balaban J connectivity index is 2.00. The Labute approximate surface area is 122 Å². The van der Waals surface area contributed by atoms with Crippen molar-refractivity contribution in [1.29, 1.82) is 0 Å². The zero-order valence-corrected chi connectivity index (χ0v) is 13.1. The molecular formula is C16H28N2O2. The van der Waals surface area contributed by atoms with Gasteiger partial charge in [-0.25, -0.2) is 0 Å². The van der Waals surface area contributed by atoms with Gasteiger partial charge in [0, 0.05) is 31.5 Å². The fourth-order valence-electron chi connectivity index (χ4n) is 3.49. The van der Waals surface area contributed by atoms with Gasteiger partial charge in [0.05, 0.1) is 6.54 Å². The zero-order valence-electron chi connectivity index (χ0n) is 13.1. The highest BCUT2D eigenvalue weighted by Gasteiger charge is 2.37. The molecule has 2 fully saturated rings. The summed E-state index contributed by atoms with van der Waals surface area (Å²) in [5.41, 5.74) is 0. The lowest BCUT2D eigenvalue weighted by atomic mass is 9.88. The monoisotopic (exact) mass is 280 g/mol. The van der Waals surface area contributed by atoms with Gasteiger partial charge in [0.15, 0.2) is 0 Å². The number of carbonyl (C=O) groups is 2. The van der Waals surface area contributed by atoms with E-state index in [0.717, 1.165) is 38.6 Å². The van der Waals surface area contributed by atoms with E-state index in [1.165, 1.54) is 6.42 Å². The van der Waals surface area contributed by atoms with E-state index in [1.54, 1.807) is 0 Å². The van der Waals surface area contributed by atoms with Crippen molar-refractivity contribution >= 4 is 11.7 Å². The van der Waals surface area contributed by atoms with Gasteiger partial charge in [-0.05, 0) is 46.1 Å². The summed E-state index contributed by atoms with van der Waals surface area (Å²) in [5.74, 6) is 0.788. The van der Waals surface area contributed by atoms with Crippen molar-refractivity contribution < 1.29 is 9.59 Å². The summed E-state index contributed by atoms with van der Waals surface area (Å²) in [6.45, 7) is 5.51. The zero-order chi connectivity index (χ0) is 14.7. The predicted octanol–water partition coefficient (Wildman–Crippen LogP) is 2.08. The molecule has 1 saturated heterocycles. The number of amides is 1. The number of nitrogens with zero attached hydrogens (tertiary/aromatic N) is 2. The van der Waals surface area contributed by atoms with Crippen molar-refractivity contribution in [2.75, 3.05) is 20.1 Å². The topological polar surface area (TPSA) is 40.6 Å². The molecule has 1 saturated carbocycles. The van der Waals surface area contributed by atoms with Crippen LogP contribution in [0.15, 0.2) is 0 Å². The minimum Gasteiger partial charge on any atom is -0.342 e. The maximum Gasteiger partial charge on any atom is 0.236 e. The lowest BCUT2D eigenvalue weighted by Gasteiger charge is -2.39. The highest BCUT2D eigenvalue weighted by atomic mass is 16.2. The quantitative estimate of drug-likeness (QED) is 0.791. The van der Waals surface area contributed by atoms with Gasteiger partial charge >= 0.3 is 0 Å². The number of hydrogen-bond donors (Lipinski definition) is 0. The Bertz CT molecular complexity index is 367. The third kappa shape index (κ3) is 3.40. The molecule has 1 heterocycles. The first kappa shape index (κ1) is 15.5. The van der Waals surface area contributed by atoms with Crippen LogP contribution in [0.25, 0.3) is 0 Å². The van der Waals surface area contributed by atoms with Crippen molar-refractivity contribution in [1.82, 2.24) is 9.80 Å². The first-order chi connectivity index (χ1) is 9.50. The molecule has 0 aromatic carbocycles. The van der Waals surface area contributed by atoms with E-state index in [4.69, 9.17) is 0 Å². The van der Waals surface area contributed by atoms with Crippen molar-refractivity contribution in [2.24, 2.45) is 5.92 Å². The van der Waals surface area contributed by atoms with Gasteiger partial charge in [-0.1, -0.05) is 6.42 Å². The van der Waals surface area contributed by atoms with Crippen molar-refractivity contribution in [3.05, 3.63) is 0 Å². The molecule has 2 rings (SSSR count). The van der Waals surface area contributed by atoms with Crippen molar-refractivity contribution in [2.45, 2.75) is 64.5 Å². The average molecular weight is 280 g/mol. The summed E-state index contributed by atoms with van der Waals surface area (Å²) >= 11 is 0. The molecule has 2 unspecified atom stereocenters. The molecular weight excluding hydrogens is 252 g/mol. The van der Waals surface area contributed by atoms with Crippen molar-refractivity contribution in [3.8, 4) is 0 Å². The lowest BCUT2D eigenvalue weighted by Crippen LogP contribution is -2.50. The van der Waals surface area contributed by atoms with E-state index in [1.807, 2.05) is 25.8 Å². The molecule has 4 heteroatoms. The number of carbonyl (C=O) groups excluding carboxylic acids is 2. The van der Waals surface area contributed by atoms with Crippen LogP contribution in [0.1, 0.15) is 52.4 Å². The summed E-state index contributed by atoms with van der Waals surface area (Å²) in [6.07, 6.45) is 6.22. The van der Waals surface area contributed by atoms with E-state index in [0.29, 0.717) is 18.4 Å². The average Bonchev–Trinajstić information content (AvgIpc) is 2.84. The number of ketones is 1. The SMILES string of the molecule is CC(C)N(C)C(=O)CN1CCCCC1C1CCCC1=O. The molecule has 0 N–H and O–H groups in total. The van der Waals surface area contributed by atoms with Gasteiger partial charge in [0.25, 0.3) is 0 Å².